The molecule has 9 nitrogen and oxygen atoms in total. The number of hydrogen-bond acceptors (Lipinski definition) is 5. The maximum absolute atomic E-state index is 12.9. The molecule has 0 spiro atoms. The Bertz CT molecular complexity index is 1120. The molecule has 3 amide bonds. The van der Waals surface area contributed by atoms with Crippen LogP contribution in [-0.4, -0.2) is 64.7 Å². The molecule has 3 rings (SSSR count). The number of nitrogens with zero attached hydrogens (tertiary/aromatic N) is 3. The summed E-state index contributed by atoms with van der Waals surface area (Å²) in [6.45, 7) is 3.56. The fourth-order valence-electron chi connectivity index (χ4n) is 3.67. The number of aromatic nitrogens is 2. The highest BCUT2D eigenvalue weighted by atomic mass is 35.5. The monoisotopic (exact) mass is 543 g/mol. The summed E-state index contributed by atoms with van der Waals surface area (Å²) in [5.74, 6) is -1.08. The van der Waals surface area contributed by atoms with E-state index >= 15 is 0 Å². The Morgan fingerprint density at radius 1 is 1.24 bits per heavy atom. The van der Waals surface area contributed by atoms with Gasteiger partial charge in [-0.15, -0.1) is 0 Å². The Morgan fingerprint density at radius 2 is 2.00 bits per heavy atom. The number of benzene rings is 1. The summed E-state index contributed by atoms with van der Waals surface area (Å²) in [4.78, 5) is 39.8. The normalized spacial score (nSPS) is 18.2. The van der Waals surface area contributed by atoms with Crippen molar-refractivity contribution in [2.45, 2.75) is 45.5 Å². The van der Waals surface area contributed by atoms with Crippen LogP contribution in [0.1, 0.15) is 42.7 Å². The SMILES string of the molecule is CC(C)[C@@H]1COc2ccc(Cl)cc2C(=O)NCCCCN(C(=O)Cn2ccc(C(F)(F)F)n2)CC(=O)N1. The number of ether oxygens (including phenoxy) is 1. The maximum Gasteiger partial charge on any atom is 0.435 e. The highest BCUT2D eigenvalue weighted by Gasteiger charge is 2.34. The Morgan fingerprint density at radius 3 is 2.68 bits per heavy atom. The van der Waals surface area contributed by atoms with Crippen molar-refractivity contribution in [3.63, 3.8) is 0 Å². The summed E-state index contributed by atoms with van der Waals surface area (Å²) < 4.78 is 45.3. The van der Waals surface area contributed by atoms with Crippen molar-refractivity contribution in [1.29, 1.82) is 0 Å². The summed E-state index contributed by atoms with van der Waals surface area (Å²) in [5, 5.41) is 9.44. The zero-order valence-electron chi connectivity index (χ0n) is 20.5. The van der Waals surface area contributed by atoms with E-state index in [1.807, 2.05) is 13.8 Å². The molecule has 0 saturated heterocycles. The Kier molecular flexibility index (Phi) is 9.41. The third-order valence-corrected chi connectivity index (χ3v) is 6.05. The van der Waals surface area contributed by atoms with Gasteiger partial charge < -0.3 is 20.3 Å². The fraction of sp³-hybridized carbons (Fsp3) is 0.500. The smallest absolute Gasteiger partial charge is 0.435 e. The van der Waals surface area contributed by atoms with E-state index in [9.17, 15) is 27.6 Å². The van der Waals surface area contributed by atoms with E-state index in [-0.39, 0.29) is 37.1 Å². The standard InChI is InChI=1S/C24H29ClF3N5O4/c1-15(2)18-14-37-19-6-5-16(25)11-17(19)23(36)29-8-3-4-9-32(12-21(34)30-18)22(35)13-33-10-7-20(31-33)24(26,27)28/h5-7,10-11,15,18H,3-4,8-9,12-14H2,1-2H3,(H,29,36)(H,30,34)/t18-/m0/s1. The first kappa shape index (κ1) is 28.3. The molecule has 1 aliphatic rings. The maximum atomic E-state index is 12.9. The Balaban J connectivity index is 1.76. The molecule has 0 fully saturated rings. The number of nitrogens with one attached hydrogen (secondary N) is 2. The highest BCUT2D eigenvalue weighted by molar-refractivity contribution is 6.31. The topological polar surface area (TPSA) is 106 Å². The van der Waals surface area contributed by atoms with E-state index in [0.717, 1.165) is 16.9 Å². The van der Waals surface area contributed by atoms with E-state index < -0.39 is 36.3 Å². The van der Waals surface area contributed by atoms with Crippen molar-refractivity contribution < 1.29 is 32.3 Å². The molecule has 0 radical (unpaired) electrons. The fourth-order valence-corrected chi connectivity index (χ4v) is 3.84. The summed E-state index contributed by atoms with van der Waals surface area (Å²) in [5.41, 5.74) is -0.835. The molecule has 2 aromatic rings. The predicted octanol–water partition coefficient (Wildman–Crippen LogP) is 3.13. The van der Waals surface area contributed by atoms with Crippen LogP contribution >= 0.6 is 11.6 Å². The lowest BCUT2D eigenvalue weighted by atomic mass is 10.1. The summed E-state index contributed by atoms with van der Waals surface area (Å²) in [6.07, 6.45) is -2.62. The molecular weight excluding hydrogens is 515 g/mol. The first-order valence-electron chi connectivity index (χ1n) is 11.8. The molecule has 0 saturated carbocycles. The van der Waals surface area contributed by atoms with Crippen molar-refractivity contribution in [3.8, 4) is 5.75 Å². The molecule has 2 N–H and O–H groups in total. The lowest BCUT2D eigenvalue weighted by Gasteiger charge is -2.26. The summed E-state index contributed by atoms with van der Waals surface area (Å²) in [6, 6.07) is 5.04. The lowest BCUT2D eigenvalue weighted by molar-refractivity contribution is -0.142. The van der Waals surface area contributed by atoms with Crippen LogP contribution in [0.25, 0.3) is 0 Å². The van der Waals surface area contributed by atoms with Crippen LogP contribution in [0.5, 0.6) is 5.75 Å². The summed E-state index contributed by atoms with van der Waals surface area (Å²) >= 11 is 6.07. The van der Waals surface area contributed by atoms with Crippen molar-refractivity contribution in [2.75, 3.05) is 26.2 Å². The van der Waals surface area contributed by atoms with Gasteiger partial charge in [0.15, 0.2) is 5.69 Å². The molecule has 0 aliphatic carbocycles. The third-order valence-electron chi connectivity index (χ3n) is 5.81. The number of fused-ring (bicyclic) bond motifs is 1. The minimum Gasteiger partial charge on any atom is -0.491 e. The Hall–Kier alpha value is -3.28. The van der Waals surface area contributed by atoms with Crippen LogP contribution in [0.15, 0.2) is 30.5 Å². The highest BCUT2D eigenvalue weighted by Crippen LogP contribution is 2.27. The zero-order chi connectivity index (χ0) is 27.2. The largest absolute Gasteiger partial charge is 0.491 e. The Labute approximate surface area is 217 Å². The molecular formula is C24H29ClF3N5O4. The number of halogens is 4. The van der Waals surface area contributed by atoms with Crippen LogP contribution in [-0.2, 0) is 22.3 Å². The van der Waals surface area contributed by atoms with E-state index in [1.165, 1.54) is 11.0 Å². The van der Waals surface area contributed by atoms with Crippen molar-refractivity contribution in [1.82, 2.24) is 25.3 Å². The zero-order valence-corrected chi connectivity index (χ0v) is 21.2. The number of carbonyl (C=O) groups excluding carboxylic acids is 3. The number of amides is 3. The van der Waals surface area contributed by atoms with Gasteiger partial charge in [-0.1, -0.05) is 25.4 Å². The van der Waals surface area contributed by atoms with Gasteiger partial charge in [-0.3, -0.25) is 19.1 Å². The minimum atomic E-state index is -4.62. The molecule has 1 atom stereocenters. The van der Waals surface area contributed by atoms with Crippen molar-refractivity contribution in [3.05, 3.63) is 46.7 Å². The van der Waals surface area contributed by atoms with Gasteiger partial charge in [0.1, 0.15) is 18.9 Å². The van der Waals surface area contributed by atoms with Gasteiger partial charge >= 0.3 is 6.18 Å². The number of carbonyl (C=O) groups is 3. The van der Waals surface area contributed by atoms with Gasteiger partial charge in [0.25, 0.3) is 5.91 Å². The van der Waals surface area contributed by atoms with Gasteiger partial charge in [0.2, 0.25) is 11.8 Å². The van der Waals surface area contributed by atoms with E-state index in [1.54, 1.807) is 12.1 Å². The third kappa shape index (κ3) is 8.11. The second kappa shape index (κ2) is 12.3. The second-order valence-corrected chi connectivity index (χ2v) is 9.48. The molecule has 37 heavy (non-hydrogen) atoms. The first-order chi connectivity index (χ1) is 17.4. The first-order valence-corrected chi connectivity index (χ1v) is 12.2. The molecule has 2 heterocycles. The molecule has 13 heteroatoms. The van der Waals surface area contributed by atoms with Gasteiger partial charge in [-0.2, -0.15) is 18.3 Å². The lowest BCUT2D eigenvalue weighted by Crippen LogP contribution is -2.48. The summed E-state index contributed by atoms with van der Waals surface area (Å²) in [7, 11) is 0. The van der Waals surface area contributed by atoms with Gasteiger partial charge in [0.05, 0.1) is 18.2 Å². The number of alkyl halides is 3. The average Bonchev–Trinajstić information content (AvgIpc) is 3.29. The van der Waals surface area contributed by atoms with E-state index in [0.29, 0.717) is 30.2 Å². The number of hydrogen-bond donors (Lipinski definition) is 2. The minimum absolute atomic E-state index is 0.0433. The van der Waals surface area contributed by atoms with Crippen LogP contribution in [0.3, 0.4) is 0 Å². The number of rotatable bonds is 3. The van der Waals surface area contributed by atoms with Crippen LogP contribution in [0.4, 0.5) is 13.2 Å². The van der Waals surface area contributed by atoms with E-state index in [4.69, 9.17) is 16.3 Å². The quantitative estimate of drug-likeness (QED) is 0.619. The van der Waals surface area contributed by atoms with Gasteiger partial charge in [-0.25, -0.2) is 0 Å². The molecule has 202 valence electrons. The molecule has 1 aliphatic heterocycles. The molecule has 0 bridgehead atoms. The molecule has 1 aromatic carbocycles. The molecule has 1 aromatic heterocycles. The van der Waals surface area contributed by atoms with E-state index in [2.05, 4.69) is 15.7 Å². The van der Waals surface area contributed by atoms with Gasteiger partial charge in [0, 0.05) is 24.3 Å². The van der Waals surface area contributed by atoms with Crippen molar-refractivity contribution >= 4 is 29.3 Å². The van der Waals surface area contributed by atoms with Crippen molar-refractivity contribution in [2.24, 2.45) is 5.92 Å². The molecule has 0 unspecified atom stereocenters. The van der Waals surface area contributed by atoms with Crippen LogP contribution in [0, 0.1) is 5.92 Å². The second-order valence-electron chi connectivity index (χ2n) is 9.04. The van der Waals surface area contributed by atoms with Crippen LogP contribution < -0.4 is 15.4 Å². The predicted molar refractivity (Wildman–Crippen MR) is 129 cm³/mol. The van der Waals surface area contributed by atoms with Gasteiger partial charge in [-0.05, 0) is 43.0 Å². The average molecular weight is 544 g/mol. The van der Waals surface area contributed by atoms with Crippen LogP contribution in [0.2, 0.25) is 5.02 Å².